The van der Waals surface area contributed by atoms with Gasteiger partial charge >= 0.3 is 0 Å². The first-order valence-electron chi connectivity index (χ1n) is 18.0. The van der Waals surface area contributed by atoms with Gasteiger partial charge in [-0.1, -0.05) is 166 Å². The van der Waals surface area contributed by atoms with Crippen LogP contribution in [0.5, 0.6) is 0 Å². The molecule has 0 N–H and O–H groups in total. The highest BCUT2D eigenvalue weighted by Gasteiger charge is 2.16. The molecule has 228 valence electrons. The molecule has 1 aromatic carbocycles. The maximum atomic E-state index is 2.60. The first-order chi connectivity index (χ1) is 19.8. The molecule has 1 aromatic heterocycles. The number of nitrogens with zero attached hydrogens (tertiary/aromatic N) is 2. The lowest BCUT2D eigenvalue weighted by Crippen LogP contribution is -2.37. The van der Waals surface area contributed by atoms with Crippen LogP contribution in [0.2, 0.25) is 0 Å². The molecule has 0 fully saturated rings. The molecule has 0 saturated carbocycles. The summed E-state index contributed by atoms with van der Waals surface area (Å²) in [6.45, 7) is 6.96. The molecule has 0 aliphatic carbocycles. The van der Waals surface area contributed by atoms with E-state index in [-0.39, 0.29) is 0 Å². The fourth-order valence-corrected chi connectivity index (χ4v) is 6.18. The Balaban J connectivity index is 1.67. The smallest absolute Gasteiger partial charge is 0.234 e. The SMILES string of the molecule is CCCCCCCCCCCCCCc1n(CCCCCCCCCCCC)cc[n+]1CCCc1ccccc1. The molecule has 0 amide bonds. The third-order valence-electron chi connectivity index (χ3n) is 8.80. The monoisotopic (exact) mass is 552 g/mol. The molecule has 0 bridgehead atoms. The van der Waals surface area contributed by atoms with Crippen molar-refractivity contribution in [2.24, 2.45) is 0 Å². The van der Waals surface area contributed by atoms with Gasteiger partial charge in [0.15, 0.2) is 0 Å². The fraction of sp³-hybridized carbons (Fsp3) is 0.763. The minimum atomic E-state index is 1.15. The fourth-order valence-electron chi connectivity index (χ4n) is 6.18. The van der Waals surface area contributed by atoms with Gasteiger partial charge in [-0.25, -0.2) is 9.13 Å². The van der Waals surface area contributed by atoms with Gasteiger partial charge in [-0.3, -0.25) is 0 Å². The van der Waals surface area contributed by atoms with E-state index in [4.69, 9.17) is 0 Å². The van der Waals surface area contributed by atoms with E-state index in [1.165, 1.54) is 173 Å². The normalized spacial score (nSPS) is 11.4. The van der Waals surface area contributed by atoms with E-state index in [1.54, 1.807) is 5.82 Å². The number of imidazole rings is 1. The summed E-state index contributed by atoms with van der Waals surface area (Å²) >= 11 is 0. The van der Waals surface area contributed by atoms with Gasteiger partial charge in [0, 0.05) is 6.42 Å². The number of aromatic nitrogens is 2. The summed E-state index contributed by atoms with van der Waals surface area (Å²) in [5.41, 5.74) is 1.47. The lowest BCUT2D eigenvalue weighted by Gasteiger charge is -2.07. The number of benzene rings is 1. The zero-order valence-corrected chi connectivity index (χ0v) is 27.0. The maximum absolute atomic E-state index is 2.60. The van der Waals surface area contributed by atoms with Crippen molar-refractivity contribution in [3.8, 4) is 0 Å². The van der Waals surface area contributed by atoms with Gasteiger partial charge in [0.25, 0.3) is 5.82 Å². The highest BCUT2D eigenvalue weighted by atomic mass is 15.1. The molecular formula is C38H67N2+. The number of aryl methyl sites for hydroxylation is 3. The topological polar surface area (TPSA) is 8.81 Å². The van der Waals surface area contributed by atoms with Crippen molar-refractivity contribution in [1.29, 1.82) is 0 Å². The summed E-state index contributed by atoms with van der Waals surface area (Å²) in [6.07, 6.45) is 39.6. The highest BCUT2D eigenvalue weighted by Crippen LogP contribution is 2.15. The Kier molecular flexibility index (Phi) is 21.8. The van der Waals surface area contributed by atoms with E-state index in [1.807, 2.05) is 0 Å². The molecule has 0 aliphatic heterocycles. The van der Waals surface area contributed by atoms with Gasteiger partial charge in [0.2, 0.25) is 0 Å². The van der Waals surface area contributed by atoms with E-state index >= 15 is 0 Å². The van der Waals surface area contributed by atoms with Crippen molar-refractivity contribution >= 4 is 0 Å². The summed E-state index contributed by atoms with van der Waals surface area (Å²) in [5, 5.41) is 0. The van der Waals surface area contributed by atoms with Crippen molar-refractivity contribution in [2.45, 2.75) is 187 Å². The first-order valence-corrected chi connectivity index (χ1v) is 18.0. The van der Waals surface area contributed by atoms with Gasteiger partial charge in [-0.2, -0.15) is 0 Å². The predicted octanol–water partition coefficient (Wildman–Crippen LogP) is 11.6. The van der Waals surface area contributed by atoms with Gasteiger partial charge in [0.1, 0.15) is 12.4 Å². The van der Waals surface area contributed by atoms with E-state index in [9.17, 15) is 0 Å². The second-order valence-electron chi connectivity index (χ2n) is 12.5. The Morgan fingerprint density at radius 3 is 1.50 bits per heavy atom. The second-order valence-corrected chi connectivity index (χ2v) is 12.5. The van der Waals surface area contributed by atoms with Crippen molar-refractivity contribution in [1.82, 2.24) is 4.57 Å². The average molecular weight is 552 g/mol. The molecule has 2 nitrogen and oxygen atoms in total. The summed E-state index contributed by atoms with van der Waals surface area (Å²) < 4.78 is 5.18. The average Bonchev–Trinajstić information content (AvgIpc) is 3.36. The molecular weight excluding hydrogens is 484 g/mol. The lowest BCUT2D eigenvalue weighted by atomic mass is 10.0. The van der Waals surface area contributed by atoms with Crippen LogP contribution < -0.4 is 4.57 Å². The van der Waals surface area contributed by atoms with Crippen molar-refractivity contribution in [3.63, 3.8) is 0 Å². The molecule has 0 atom stereocenters. The number of hydrogen-bond donors (Lipinski definition) is 0. The molecule has 1 heterocycles. The summed E-state index contributed by atoms with van der Waals surface area (Å²) in [7, 11) is 0. The summed E-state index contributed by atoms with van der Waals surface area (Å²) in [6, 6.07) is 11.0. The molecule has 2 heteroatoms. The Morgan fingerprint density at radius 1 is 0.500 bits per heavy atom. The zero-order valence-electron chi connectivity index (χ0n) is 27.0. The largest absolute Gasteiger partial charge is 0.256 e. The van der Waals surface area contributed by atoms with Crippen LogP contribution in [0.1, 0.15) is 173 Å². The van der Waals surface area contributed by atoms with Crippen molar-refractivity contribution < 1.29 is 4.57 Å². The lowest BCUT2D eigenvalue weighted by molar-refractivity contribution is -0.704. The first kappa shape index (κ1) is 34.6. The number of rotatable bonds is 28. The van der Waals surface area contributed by atoms with Crippen LogP contribution in [0, 0.1) is 0 Å². The third-order valence-corrected chi connectivity index (χ3v) is 8.80. The molecule has 2 aromatic rings. The van der Waals surface area contributed by atoms with E-state index in [2.05, 4.69) is 65.7 Å². The van der Waals surface area contributed by atoms with Crippen LogP contribution in [-0.4, -0.2) is 4.57 Å². The van der Waals surface area contributed by atoms with Gasteiger partial charge in [-0.15, -0.1) is 0 Å². The van der Waals surface area contributed by atoms with Crippen LogP contribution in [0.3, 0.4) is 0 Å². The summed E-state index contributed by atoms with van der Waals surface area (Å²) in [5.74, 6) is 1.58. The quantitative estimate of drug-likeness (QED) is 0.0734. The molecule has 0 spiro atoms. The number of hydrogen-bond acceptors (Lipinski definition) is 0. The van der Waals surface area contributed by atoms with Crippen LogP contribution in [0.25, 0.3) is 0 Å². The third kappa shape index (κ3) is 17.3. The van der Waals surface area contributed by atoms with E-state index < -0.39 is 0 Å². The van der Waals surface area contributed by atoms with Crippen LogP contribution in [0.4, 0.5) is 0 Å². The summed E-state index contributed by atoms with van der Waals surface area (Å²) in [4.78, 5) is 0. The predicted molar refractivity (Wildman–Crippen MR) is 176 cm³/mol. The zero-order chi connectivity index (χ0) is 28.4. The molecule has 0 radical (unpaired) electrons. The Bertz CT molecular complexity index is 793. The Hall–Kier alpha value is -1.57. The van der Waals surface area contributed by atoms with Crippen molar-refractivity contribution in [2.75, 3.05) is 0 Å². The van der Waals surface area contributed by atoms with E-state index in [0.717, 1.165) is 6.54 Å². The molecule has 0 saturated heterocycles. The van der Waals surface area contributed by atoms with Crippen LogP contribution >= 0.6 is 0 Å². The number of unbranched alkanes of at least 4 members (excludes halogenated alkanes) is 20. The highest BCUT2D eigenvalue weighted by molar-refractivity contribution is 5.14. The minimum Gasteiger partial charge on any atom is -0.234 e. The maximum Gasteiger partial charge on any atom is 0.256 e. The second kappa shape index (κ2) is 25.2. The molecule has 40 heavy (non-hydrogen) atoms. The molecule has 0 aliphatic rings. The Labute approximate surface area is 250 Å². The van der Waals surface area contributed by atoms with Gasteiger partial charge in [-0.05, 0) is 37.7 Å². The minimum absolute atomic E-state index is 1.15. The van der Waals surface area contributed by atoms with Crippen molar-refractivity contribution in [3.05, 3.63) is 54.1 Å². The van der Waals surface area contributed by atoms with Gasteiger partial charge in [0.05, 0.1) is 13.1 Å². The molecule has 2 rings (SSSR count). The van der Waals surface area contributed by atoms with Crippen LogP contribution in [0.15, 0.2) is 42.7 Å². The Morgan fingerprint density at radius 2 is 0.975 bits per heavy atom. The van der Waals surface area contributed by atoms with Crippen LogP contribution in [-0.2, 0) is 25.9 Å². The van der Waals surface area contributed by atoms with Gasteiger partial charge < -0.3 is 0 Å². The van der Waals surface area contributed by atoms with E-state index in [0.29, 0.717) is 0 Å². The standard InChI is InChI=1S/C38H67N2/c1-3-5-7-9-11-13-15-16-17-19-21-26-32-38-39(33-27-22-20-18-14-12-10-8-6-4-2)35-36-40(38)34-28-31-37-29-24-23-25-30-37/h23-25,29-30,35-36H,3-22,26-28,31-34H2,1-2H3/q+1. The molecule has 0 unspecified atom stereocenters.